The van der Waals surface area contributed by atoms with Gasteiger partial charge in [-0.3, -0.25) is 19.3 Å². The van der Waals surface area contributed by atoms with Crippen LogP contribution < -0.4 is 16.6 Å². The Kier molecular flexibility index (Phi) is 8.08. The third kappa shape index (κ3) is 5.89. The number of thioether (sulfide) groups is 2. The number of nitrogens with two attached hydrogens (primary N) is 1. The lowest BCUT2D eigenvalue weighted by Crippen LogP contribution is -2.71. The van der Waals surface area contributed by atoms with Gasteiger partial charge in [-0.25, -0.2) is 14.6 Å². The van der Waals surface area contributed by atoms with E-state index in [1.54, 1.807) is 0 Å². The summed E-state index contributed by atoms with van der Waals surface area (Å²) in [4.78, 5) is 77.5. The van der Waals surface area contributed by atoms with Gasteiger partial charge in [-0.15, -0.1) is 23.1 Å². The number of rotatable bonds is 10. The predicted octanol–water partition coefficient (Wildman–Crippen LogP) is -0.371. The normalized spacial score (nSPS) is 19.1. The maximum Gasteiger partial charge on any atom is 0.352 e. The fraction of sp³-hybridized carbons (Fsp3) is 0.333. The summed E-state index contributed by atoms with van der Waals surface area (Å²) < 4.78 is 0. The fourth-order valence-corrected chi connectivity index (χ4v) is 6.35. The summed E-state index contributed by atoms with van der Waals surface area (Å²) in [6, 6.07) is -0.238. The Morgan fingerprint density at radius 3 is 2.65 bits per heavy atom. The molecule has 1 fully saturated rings. The maximum atomic E-state index is 13.1. The van der Waals surface area contributed by atoms with Crippen molar-refractivity contribution in [3.05, 3.63) is 38.8 Å². The summed E-state index contributed by atoms with van der Waals surface area (Å²) in [5, 5.41) is 35.6. The van der Waals surface area contributed by atoms with Gasteiger partial charge in [0.05, 0.1) is 6.07 Å². The molecule has 2 aromatic heterocycles. The standard InChI is InChI=1S/C21H21N7O9S3/c1-21(2,18(35)36)37-27-11(8-6-39-19(22)23-8)14(31)26-12-15(32)28-13(17(33)34)7(4-38-16(12)28)5-40-20-24-9(29)3-10(30)25-20/h3,6,12,16H,4-5H2,1-2H3,(H2,22,23)(H,26,31)(H,33,34)(H,35,36)(H2,24,25,29,30)/b27-11-/t12-,16-/m1/s1. The largest absolute Gasteiger partial charge is 0.493 e. The van der Waals surface area contributed by atoms with E-state index < -0.39 is 57.9 Å². The molecule has 16 nitrogen and oxygen atoms in total. The van der Waals surface area contributed by atoms with Gasteiger partial charge in [0.1, 0.15) is 22.8 Å². The van der Waals surface area contributed by atoms with Gasteiger partial charge >= 0.3 is 11.9 Å². The average Bonchev–Trinajstić information content (AvgIpc) is 3.30. The van der Waals surface area contributed by atoms with Crippen LogP contribution in [0.15, 0.2) is 37.8 Å². The molecule has 2 aromatic rings. The highest BCUT2D eigenvalue weighted by Crippen LogP contribution is 2.41. The number of nitrogens with zero attached hydrogens (tertiary/aromatic N) is 4. The summed E-state index contributed by atoms with van der Waals surface area (Å²) in [5.74, 6) is -4.57. The quantitative estimate of drug-likeness (QED) is 0.0659. The summed E-state index contributed by atoms with van der Waals surface area (Å²) in [7, 11) is 0. The van der Waals surface area contributed by atoms with E-state index in [9.17, 15) is 39.3 Å². The second kappa shape index (κ2) is 11.2. The van der Waals surface area contributed by atoms with Crippen LogP contribution in [0, 0.1) is 0 Å². The maximum absolute atomic E-state index is 13.1. The van der Waals surface area contributed by atoms with Crippen LogP contribution in [0.1, 0.15) is 19.5 Å². The lowest BCUT2D eigenvalue weighted by Gasteiger charge is -2.49. The molecule has 0 aromatic carbocycles. The third-order valence-corrected chi connectivity index (χ3v) is 8.46. The number of oxime groups is 1. The number of hydrogen-bond acceptors (Lipinski definition) is 14. The van der Waals surface area contributed by atoms with Gasteiger partial charge in [-0.2, -0.15) is 4.98 Å². The Morgan fingerprint density at radius 1 is 1.32 bits per heavy atom. The highest BCUT2D eigenvalue weighted by Gasteiger charge is 2.54. The highest BCUT2D eigenvalue weighted by atomic mass is 32.2. The van der Waals surface area contributed by atoms with Crippen molar-refractivity contribution >= 4 is 69.5 Å². The molecule has 1 saturated heterocycles. The van der Waals surface area contributed by atoms with Crippen LogP contribution >= 0.6 is 34.9 Å². The molecular formula is C21H21N7O9S3. The zero-order valence-corrected chi connectivity index (χ0v) is 23.1. The number of carbonyl (C=O) groups excluding carboxylic acids is 2. The van der Waals surface area contributed by atoms with Crippen molar-refractivity contribution in [3.63, 3.8) is 0 Å². The monoisotopic (exact) mass is 611 g/mol. The molecule has 7 N–H and O–H groups in total. The van der Waals surface area contributed by atoms with Crippen LogP contribution in [0.25, 0.3) is 0 Å². The number of nitrogens with one attached hydrogen (secondary N) is 2. The lowest BCUT2D eigenvalue weighted by atomic mass is 10.0. The van der Waals surface area contributed by atoms with Crippen molar-refractivity contribution in [1.29, 1.82) is 0 Å². The minimum atomic E-state index is -1.79. The first-order chi connectivity index (χ1) is 18.8. The molecule has 40 heavy (non-hydrogen) atoms. The van der Waals surface area contributed by atoms with Gasteiger partial charge in [0, 0.05) is 16.9 Å². The molecule has 0 spiro atoms. The Balaban J connectivity index is 1.52. The van der Waals surface area contributed by atoms with Gasteiger partial charge in [0.25, 0.3) is 17.4 Å². The summed E-state index contributed by atoms with van der Waals surface area (Å²) in [6.45, 7) is 2.44. The number of thiazole rings is 1. The lowest BCUT2D eigenvalue weighted by molar-refractivity contribution is -0.161. The fourth-order valence-electron chi connectivity index (χ4n) is 3.45. The number of carboxylic acids is 2. The number of amides is 2. The Hall–Kier alpha value is -4.10. The van der Waals surface area contributed by atoms with Crippen LogP contribution in [-0.4, -0.2) is 93.2 Å². The Morgan fingerprint density at radius 2 is 2.05 bits per heavy atom. The molecule has 4 rings (SSSR count). The molecule has 212 valence electrons. The molecule has 0 bridgehead atoms. The molecule has 0 saturated carbocycles. The number of anilines is 1. The first-order valence-electron chi connectivity index (χ1n) is 11.1. The van der Waals surface area contributed by atoms with Crippen LogP contribution in [0.3, 0.4) is 0 Å². The SMILES string of the molecule is CC(C)(O/N=C(\C(=O)N[C@@H]1C(=O)N2C(C(=O)O)=C(CSc3nc(O)cc(=O)[nH]3)CS[C@H]12)c1csc(N)n1)C(=O)O. The number of carboxylic acid groups (broad SMARTS) is 2. The molecule has 0 unspecified atom stereocenters. The first-order valence-corrected chi connectivity index (χ1v) is 14.0. The second-order valence-electron chi connectivity index (χ2n) is 8.73. The zero-order valence-electron chi connectivity index (χ0n) is 20.6. The summed E-state index contributed by atoms with van der Waals surface area (Å²) in [6.07, 6.45) is 0. The van der Waals surface area contributed by atoms with Crippen molar-refractivity contribution < 1.29 is 39.3 Å². The van der Waals surface area contributed by atoms with Gasteiger partial charge < -0.3 is 36.2 Å². The van der Waals surface area contributed by atoms with E-state index in [0.717, 1.165) is 34.1 Å². The number of aromatic hydroxyl groups is 1. The number of hydrogen-bond donors (Lipinski definition) is 6. The molecule has 2 atom stereocenters. The van der Waals surface area contributed by atoms with Crippen molar-refractivity contribution in [2.45, 2.75) is 36.0 Å². The third-order valence-electron chi connectivity index (χ3n) is 5.49. The van der Waals surface area contributed by atoms with E-state index in [1.807, 2.05) is 0 Å². The minimum absolute atomic E-state index is 0.00912. The van der Waals surface area contributed by atoms with Crippen LogP contribution in [0.4, 0.5) is 5.13 Å². The number of carbonyl (C=O) groups is 4. The molecule has 4 heterocycles. The summed E-state index contributed by atoms with van der Waals surface area (Å²) in [5.41, 5.74) is 2.96. The van der Waals surface area contributed by atoms with Crippen molar-refractivity contribution in [1.82, 2.24) is 25.2 Å². The molecule has 0 radical (unpaired) electrons. The first kappa shape index (κ1) is 28.9. The average molecular weight is 612 g/mol. The molecule has 2 aliphatic rings. The topological polar surface area (TPSA) is 250 Å². The number of aliphatic carboxylic acids is 2. The van der Waals surface area contributed by atoms with Gasteiger partial charge in [0.2, 0.25) is 11.5 Å². The van der Waals surface area contributed by atoms with Crippen LogP contribution in [0.2, 0.25) is 0 Å². The van der Waals surface area contributed by atoms with Crippen LogP contribution in [-0.2, 0) is 24.0 Å². The van der Waals surface area contributed by atoms with E-state index in [0.29, 0.717) is 5.57 Å². The highest BCUT2D eigenvalue weighted by molar-refractivity contribution is 8.01. The number of β-lactam (4-membered cyclic amide) rings is 1. The number of aromatic amines is 1. The van der Waals surface area contributed by atoms with Crippen molar-refractivity contribution in [2.24, 2.45) is 5.16 Å². The van der Waals surface area contributed by atoms with Gasteiger partial charge in [0.15, 0.2) is 16.0 Å². The number of fused-ring (bicyclic) bond motifs is 1. The van der Waals surface area contributed by atoms with Gasteiger partial charge in [-0.05, 0) is 19.4 Å². The van der Waals surface area contributed by atoms with E-state index in [2.05, 4.69) is 25.4 Å². The second-order valence-corrected chi connectivity index (χ2v) is 11.7. The van der Waals surface area contributed by atoms with Crippen molar-refractivity contribution in [3.8, 4) is 5.88 Å². The molecular weight excluding hydrogens is 590 g/mol. The minimum Gasteiger partial charge on any atom is -0.493 e. The predicted molar refractivity (Wildman–Crippen MR) is 143 cm³/mol. The van der Waals surface area contributed by atoms with Gasteiger partial charge in [-0.1, -0.05) is 16.9 Å². The van der Waals surface area contributed by atoms with Crippen LogP contribution in [0.5, 0.6) is 5.88 Å². The molecule has 0 aliphatic carbocycles. The zero-order chi connectivity index (χ0) is 29.4. The van der Waals surface area contributed by atoms with E-state index in [4.69, 9.17) is 10.6 Å². The van der Waals surface area contributed by atoms with E-state index in [-0.39, 0.29) is 33.2 Å². The van der Waals surface area contributed by atoms with E-state index >= 15 is 0 Å². The molecule has 2 amide bonds. The number of aromatic nitrogens is 3. The molecule has 19 heteroatoms. The number of nitrogen functional groups attached to an aromatic ring is 1. The Labute approximate surface area is 236 Å². The van der Waals surface area contributed by atoms with E-state index in [1.165, 1.54) is 31.0 Å². The number of H-pyrrole nitrogens is 1. The Bertz CT molecular complexity index is 1520. The molecule has 2 aliphatic heterocycles. The van der Waals surface area contributed by atoms with Crippen molar-refractivity contribution in [2.75, 3.05) is 17.2 Å². The smallest absolute Gasteiger partial charge is 0.352 e. The summed E-state index contributed by atoms with van der Waals surface area (Å²) >= 11 is 3.17.